The van der Waals surface area contributed by atoms with Gasteiger partial charge in [-0.2, -0.15) is 4.31 Å². The third kappa shape index (κ3) is 5.24. The van der Waals surface area contributed by atoms with Crippen LogP contribution in [0.3, 0.4) is 0 Å². The summed E-state index contributed by atoms with van der Waals surface area (Å²) in [4.78, 5) is 24.0. The molecule has 0 spiro atoms. The van der Waals surface area contributed by atoms with E-state index in [4.69, 9.17) is 4.74 Å². The fourth-order valence-electron chi connectivity index (χ4n) is 2.97. The predicted octanol–water partition coefficient (Wildman–Crippen LogP) is 2.09. The standard InChI is InChI=1S/C20H20F2N2O6S/c1-13-5-6-14(11-17(13)31(27,28)24-7-9-29-10-8-24)23-18(25)12-30-20(26)19-15(21)3-2-4-16(19)22/h2-6,11H,7-10,12H2,1H3,(H,23,25). The molecule has 1 N–H and O–H groups in total. The van der Waals surface area contributed by atoms with Crippen molar-refractivity contribution in [3.63, 3.8) is 0 Å². The molecule has 2 aromatic rings. The fourth-order valence-corrected chi connectivity index (χ4v) is 4.63. The zero-order chi connectivity index (χ0) is 22.6. The maximum atomic E-state index is 13.6. The van der Waals surface area contributed by atoms with Crippen molar-refractivity contribution in [2.24, 2.45) is 0 Å². The van der Waals surface area contributed by atoms with E-state index < -0.39 is 45.7 Å². The van der Waals surface area contributed by atoms with Gasteiger partial charge in [-0.15, -0.1) is 0 Å². The number of carbonyl (C=O) groups is 2. The Hall–Kier alpha value is -2.89. The molecule has 0 atom stereocenters. The molecule has 0 unspecified atom stereocenters. The van der Waals surface area contributed by atoms with Gasteiger partial charge in [0.1, 0.15) is 17.2 Å². The van der Waals surface area contributed by atoms with Crippen molar-refractivity contribution in [3.8, 4) is 0 Å². The molecule has 31 heavy (non-hydrogen) atoms. The average molecular weight is 454 g/mol. The molecule has 1 aliphatic rings. The lowest BCUT2D eigenvalue weighted by molar-refractivity contribution is -0.119. The van der Waals surface area contributed by atoms with Crippen molar-refractivity contribution in [2.75, 3.05) is 38.2 Å². The zero-order valence-electron chi connectivity index (χ0n) is 16.6. The van der Waals surface area contributed by atoms with Crippen LogP contribution in [0.1, 0.15) is 15.9 Å². The van der Waals surface area contributed by atoms with Gasteiger partial charge in [0.25, 0.3) is 5.91 Å². The summed E-state index contributed by atoms with van der Waals surface area (Å²) in [5.74, 6) is -4.35. The summed E-state index contributed by atoms with van der Waals surface area (Å²) in [5.41, 5.74) is -0.244. The number of carbonyl (C=O) groups excluding carboxylic acids is 2. The Morgan fingerprint density at radius 1 is 1.13 bits per heavy atom. The topological polar surface area (TPSA) is 102 Å². The number of aryl methyl sites for hydroxylation is 1. The van der Waals surface area contributed by atoms with E-state index in [1.165, 1.54) is 22.5 Å². The van der Waals surface area contributed by atoms with E-state index in [0.717, 1.165) is 18.2 Å². The molecule has 3 rings (SSSR count). The van der Waals surface area contributed by atoms with Crippen LogP contribution >= 0.6 is 0 Å². The average Bonchev–Trinajstić information content (AvgIpc) is 2.74. The minimum absolute atomic E-state index is 0.0256. The summed E-state index contributed by atoms with van der Waals surface area (Å²) in [6.07, 6.45) is 0. The molecule has 1 amide bonds. The van der Waals surface area contributed by atoms with E-state index in [1.54, 1.807) is 6.92 Å². The van der Waals surface area contributed by atoms with Crippen molar-refractivity contribution in [1.29, 1.82) is 0 Å². The van der Waals surface area contributed by atoms with E-state index in [2.05, 4.69) is 10.1 Å². The maximum absolute atomic E-state index is 13.6. The van der Waals surface area contributed by atoms with Crippen LogP contribution in [0.2, 0.25) is 0 Å². The van der Waals surface area contributed by atoms with Crippen LogP contribution in [0.15, 0.2) is 41.3 Å². The minimum atomic E-state index is -3.79. The van der Waals surface area contributed by atoms with Gasteiger partial charge in [-0.3, -0.25) is 4.79 Å². The second-order valence-electron chi connectivity index (χ2n) is 6.72. The molecule has 1 fully saturated rings. The van der Waals surface area contributed by atoms with Crippen LogP contribution in [-0.2, 0) is 24.3 Å². The number of nitrogens with zero attached hydrogens (tertiary/aromatic N) is 1. The molecule has 0 bridgehead atoms. The Morgan fingerprint density at radius 3 is 2.42 bits per heavy atom. The van der Waals surface area contributed by atoms with E-state index in [9.17, 15) is 26.8 Å². The van der Waals surface area contributed by atoms with Crippen LogP contribution < -0.4 is 5.32 Å². The van der Waals surface area contributed by atoms with E-state index in [-0.39, 0.29) is 23.7 Å². The van der Waals surface area contributed by atoms with Gasteiger partial charge in [-0.05, 0) is 36.8 Å². The van der Waals surface area contributed by atoms with Crippen LogP contribution in [0, 0.1) is 18.6 Å². The molecule has 0 radical (unpaired) electrons. The summed E-state index contributed by atoms with van der Waals surface area (Å²) < 4.78 is 64.2. The Morgan fingerprint density at radius 2 is 1.77 bits per heavy atom. The first kappa shape index (κ1) is 22.8. The molecular weight excluding hydrogens is 434 g/mol. The fraction of sp³-hybridized carbons (Fsp3) is 0.300. The van der Waals surface area contributed by atoms with Gasteiger partial charge in [-0.1, -0.05) is 12.1 Å². The summed E-state index contributed by atoms with van der Waals surface area (Å²) in [6.45, 7) is 1.85. The summed E-state index contributed by atoms with van der Waals surface area (Å²) in [7, 11) is -3.79. The lowest BCUT2D eigenvalue weighted by atomic mass is 10.2. The van der Waals surface area contributed by atoms with Gasteiger partial charge in [0, 0.05) is 18.8 Å². The van der Waals surface area contributed by atoms with Gasteiger partial charge >= 0.3 is 5.97 Å². The number of sulfonamides is 1. The quantitative estimate of drug-likeness (QED) is 0.671. The number of hydrogen-bond acceptors (Lipinski definition) is 6. The number of nitrogens with one attached hydrogen (secondary N) is 1. The first-order valence-electron chi connectivity index (χ1n) is 9.29. The van der Waals surface area contributed by atoms with Gasteiger partial charge in [-0.25, -0.2) is 22.0 Å². The smallest absolute Gasteiger partial charge is 0.344 e. The Bertz CT molecular complexity index is 1080. The molecule has 0 aromatic heterocycles. The number of rotatable bonds is 6. The monoisotopic (exact) mass is 454 g/mol. The number of morpholine rings is 1. The normalized spacial score (nSPS) is 14.8. The number of halogens is 2. The number of anilines is 1. The number of benzene rings is 2. The Kier molecular flexibility index (Phi) is 6.98. The van der Waals surface area contributed by atoms with Crippen molar-refractivity contribution < 1.29 is 36.3 Å². The highest BCUT2D eigenvalue weighted by Gasteiger charge is 2.28. The first-order valence-corrected chi connectivity index (χ1v) is 10.7. The number of hydrogen-bond donors (Lipinski definition) is 1. The molecule has 0 aliphatic carbocycles. The van der Waals surface area contributed by atoms with Crippen molar-refractivity contribution in [1.82, 2.24) is 4.31 Å². The second-order valence-corrected chi connectivity index (χ2v) is 8.62. The summed E-state index contributed by atoms with van der Waals surface area (Å²) in [5, 5.41) is 2.41. The third-order valence-corrected chi connectivity index (χ3v) is 6.60. The van der Waals surface area contributed by atoms with Crippen molar-refractivity contribution in [2.45, 2.75) is 11.8 Å². The SMILES string of the molecule is Cc1ccc(NC(=O)COC(=O)c2c(F)cccc2F)cc1S(=O)(=O)N1CCOCC1. The van der Waals surface area contributed by atoms with E-state index in [1.807, 2.05) is 0 Å². The highest BCUT2D eigenvalue weighted by molar-refractivity contribution is 7.89. The van der Waals surface area contributed by atoms with Gasteiger partial charge < -0.3 is 14.8 Å². The lowest BCUT2D eigenvalue weighted by Gasteiger charge is -2.26. The predicted molar refractivity (Wildman–Crippen MR) is 106 cm³/mol. The third-order valence-electron chi connectivity index (χ3n) is 4.56. The maximum Gasteiger partial charge on any atom is 0.344 e. The van der Waals surface area contributed by atoms with E-state index >= 15 is 0 Å². The first-order chi connectivity index (χ1) is 14.7. The molecule has 8 nitrogen and oxygen atoms in total. The minimum Gasteiger partial charge on any atom is -0.452 e. The lowest BCUT2D eigenvalue weighted by Crippen LogP contribution is -2.40. The Labute approximate surface area is 177 Å². The number of amides is 1. The van der Waals surface area contributed by atoms with Crippen molar-refractivity contribution in [3.05, 3.63) is 59.2 Å². The van der Waals surface area contributed by atoms with Gasteiger partial charge in [0.2, 0.25) is 10.0 Å². The number of ether oxygens (including phenoxy) is 2. The Balaban J connectivity index is 1.68. The summed E-state index contributed by atoms with van der Waals surface area (Å²) in [6, 6.07) is 7.20. The second kappa shape index (κ2) is 9.50. The molecule has 1 heterocycles. The van der Waals surface area contributed by atoms with Crippen LogP contribution in [0.25, 0.3) is 0 Å². The molecule has 11 heteroatoms. The molecule has 166 valence electrons. The van der Waals surface area contributed by atoms with Crippen LogP contribution in [0.5, 0.6) is 0 Å². The van der Waals surface area contributed by atoms with Crippen molar-refractivity contribution >= 4 is 27.6 Å². The summed E-state index contributed by atoms with van der Waals surface area (Å²) >= 11 is 0. The van der Waals surface area contributed by atoms with Gasteiger partial charge in [0.05, 0.1) is 18.1 Å². The highest BCUT2D eigenvalue weighted by atomic mass is 32.2. The molecule has 1 aliphatic heterocycles. The van der Waals surface area contributed by atoms with Gasteiger partial charge in [0.15, 0.2) is 6.61 Å². The molecular formula is C20H20F2N2O6S. The van der Waals surface area contributed by atoms with Crippen LogP contribution in [-0.4, -0.2) is 57.5 Å². The molecule has 2 aromatic carbocycles. The van der Waals surface area contributed by atoms with Crippen LogP contribution in [0.4, 0.5) is 14.5 Å². The largest absolute Gasteiger partial charge is 0.452 e. The molecule has 1 saturated heterocycles. The van der Waals surface area contributed by atoms with E-state index in [0.29, 0.717) is 18.8 Å². The zero-order valence-corrected chi connectivity index (χ0v) is 17.4. The number of esters is 1. The highest BCUT2D eigenvalue weighted by Crippen LogP contribution is 2.24. The molecule has 0 saturated carbocycles.